The van der Waals surface area contributed by atoms with Gasteiger partial charge in [-0.1, -0.05) is 0 Å². The lowest BCUT2D eigenvalue weighted by Gasteiger charge is -2.22. The molecule has 24 heavy (non-hydrogen) atoms. The fourth-order valence-corrected chi connectivity index (χ4v) is 2.92. The van der Waals surface area contributed by atoms with Crippen LogP contribution in [0.25, 0.3) is 0 Å². The average Bonchev–Trinajstić information content (AvgIpc) is 2.58. The predicted molar refractivity (Wildman–Crippen MR) is 89.6 cm³/mol. The number of benzene rings is 1. The summed E-state index contributed by atoms with van der Waals surface area (Å²) < 4.78 is 35.1. The minimum atomic E-state index is -3.51. The zero-order valence-corrected chi connectivity index (χ0v) is 14.4. The quantitative estimate of drug-likeness (QED) is 0.739. The summed E-state index contributed by atoms with van der Waals surface area (Å²) in [5.74, 6) is 0.136. The Hall–Kier alpha value is -2.61. The van der Waals surface area contributed by atoms with Crippen molar-refractivity contribution in [2.45, 2.75) is 6.54 Å². The highest BCUT2D eigenvalue weighted by molar-refractivity contribution is 7.92. The second kappa shape index (κ2) is 7.31. The Bertz CT molecular complexity index is 801. The normalized spacial score (nSPS) is 11.0. The minimum absolute atomic E-state index is 0.0482. The van der Waals surface area contributed by atoms with Crippen LogP contribution in [0.2, 0.25) is 0 Å². The average molecular weight is 350 g/mol. The monoisotopic (exact) mass is 350 g/mol. The summed E-state index contributed by atoms with van der Waals surface area (Å²) in [5, 5.41) is 0. The summed E-state index contributed by atoms with van der Waals surface area (Å²) in [6.07, 6.45) is 2.48. The van der Waals surface area contributed by atoms with Gasteiger partial charge in [-0.15, -0.1) is 0 Å². The van der Waals surface area contributed by atoms with Gasteiger partial charge in [0.2, 0.25) is 10.0 Å². The number of rotatable bonds is 6. The zero-order chi connectivity index (χ0) is 17.7. The third-order valence-electron chi connectivity index (χ3n) is 3.31. The highest BCUT2D eigenvalue weighted by Crippen LogP contribution is 2.23. The molecule has 0 aliphatic heterocycles. The highest BCUT2D eigenvalue weighted by atomic mass is 32.2. The van der Waals surface area contributed by atoms with Gasteiger partial charge in [0.25, 0.3) is 0 Å². The molecule has 7 nitrogen and oxygen atoms in total. The lowest BCUT2D eigenvalue weighted by molar-refractivity contribution is 0.0600. The van der Waals surface area contributed by atoms with Gasteiger partial charge in [0.05, 0.1) is 44.0 Å². The van der Waals surface area contributed by atoms with Crippen molar-refractivity contribution in [3.8, 4) is 5.75 Å². The van der Waals surface area contributed by atoms with Gasteiger partial charge in [-0.2, -0.15) is 0 Å². The van der Waals surface area contributed by atoms with E-state index in [1.165, 1.54) is 24.7 Å². The van der Waals surface area contributed by atoms with E-state index in [0.29, 0.717) is 22.7 Å². The molecule has 0 aliphatic carbocycles. The summed E-state index contributed by atoms with van der Waals surface area (Å²) in [6.45, 7) is 0.0482. The van der Waals surface area contributed by atoms with Crippen LogP contribution in [0.5, 0.6) is 5.75 Å². The Morgan fingerprint density at radius 3 is 2.25 bits per heavy atom. The molecule has 0 amide bonds. The number of nitrogens with zero attached hydrogens (tertiary/aromatic N) is 2. The smallest absolute Gasteiger partial charge is 0.339 e. The molecule has 0 saturated carbocycles. The minimum Gasteiger partial charge on any atom is -0.497 e. The van der Waals surface area contributed by atoms with Crippen molar-refractivity contribution in [3.63, 3.8) is 0 Å². The number of anilines is 1. The second-order valence-corrected chi connectivity index (χ2v) is 6.90. The van der Waals surface area contributed by atoms with E-state index in [-0.39, 0.29) is 6.54 Å². The van der Waals surface area contributed by atoms with E-state index < -0.39 is 16.0 Å². The van der Waals surface area contributed by atoms with E-state index >= 15 is 0 Å². The maximum atomic E-state index is 12.1. The molecule has 1 heterocycles. The first-order valence-electron chi connectivity index (χ1n) is 7.00. The van der Waals surface area contributed by atoms with Gasteiger partial charge < -0.3 is 9.47 Å². The lowest BCUT2D eigenvalue weighted by Crippen LogP contribution is -2.29. The molecule has 0 saturated heterocycles. The standard InChI is InChI=1S/C16H18N2O5S/c1-22-15-8-6-14(7-9-15)18(24(3,20)21)11-13-5-4-12(10-17-13)16(19)23-2/h4-10H,11H2,1-3H3. The number of hydrogen-bond acceptors (Lipinski definition) is 6. The van der Waals surface area contributed by atoms with Crippen LogP contribution in [0.4, 0.5) is 5.69 Å². The molecule has 1 aromatic heterocycles. The van der Waals surface area contributed by atoms with Crippen LogP contribution in [0, 0.1) is 0 Å². The van der Waals surface area contributed by atoms with Gasteiger partial charge in [-0.25, -0.2) is 13.2 Å². The molecule has 1 aromatic carbocycles. The maximum Gasteiger partial charge on any atom is 0.339 e. The predicted octanol–water partition coefficient (Wildman–Crippen LogP) is 1.84. The summed E-state index contributed by atoms with van der Waals surface area (Å²) in [5.41, 5.74) is 1.30. The molecule has 0 unspecified atom stereocenters. The van der Waals surface area contributed by atoms with Crippen molar-refractivity contribution in [1.29, 1.82) is 0 Å². The van der Waals surface area contributed by atoms with Crippen molar-refractivity contribution >= 4 is 21.7 Å². The molecule has 0 N–H and O–H groups in total. The lowest BCUT2D eigenvalue weighted by atomic mass is 10.2. The van der Waals surface area contributed by atoms with Crippen LogP contribution in [-0.2, 0) is 21.3 Å². The molecule has 2 aromatic rings. The molecular formula is C16H18N2O5S. The first-order chi connectivity index (χ1) is 11.3. The molecule has 0 fully saturated rings. The van der Waals surface area contributed by atoms with Crippen LogP contribution in [-0.4, -0.2) is 39.8 Å². The van der Waals surface area contributed by atoms with Crippen molar-refractivity contribution in [3.05, 3.63) is 53.9 Å². The van der Waals surface area contributed by atoms with Crippen LogP contribution in [0.15, 0.2) is 42.6 Å². The first kappa shape index (κ1) is 17.7. The molecule has 128 valence electrons. The largest absolute Gasteiger partial charge is 0.497 e. The Morgan fingerprint density at radius 1 is 1.12 bits per heavy atom. The molecule has 0 radical (unpaired) electrons. The molecular weight excluding hydrogens is 332 g/mol. The summed E-state index contributed by atoms with van der Waals surface area (Å²) >= 11 is 0. The Morgan fingerprint density at radius 2 is 1.79 bits per heavy atom. The third kappa shape index (κ3) is 4.23. The molecule has 0 aliphatic rings. The fraction of sp³-hybridized carbons (Fsp3) is 0.250. The molecule has 8 heteroatoms. The molecule has 0 bridgehead atoms. The number of sulfonamides is 1. The van der Waals surface area contributed by atoms with E-state index in [2.05, 4.69) is 9.72 Å². The van der Waals surface area contributed by atoms with Gasteiger partial charge >= 0.3 is 5.97 Å². The van der Waals surface area contributed by atoms with Crippen molar-refractivity contribution in [2.75, 3.05) is 24.8 Å². The van der Waals surface area contributed by atoms with Crippen LogP contribution >= 0.6 is 0 Å². The summed E-state index contributed by atoms with van der Waals surface area (Å²) in [6, 6.07) is 9.81. The molecule has 0 atom stereocenters. The number of esters is 1. The van der Waals surface area contributed by atoms with Crippen molar-refractivity contribution in [2.24, 2.45) is 0 Å². The Balaban J connectivity index is 2.28. The van der Waals surface area contributed by atoms with Gasteiger partial charge in [0, 0.05) is 6.20 Å². The van der Waals surface area contributed by atoms with Crippen molar-refractivity contribution in [1.82, 2.24) is 4.98 Å². The van der Waals surface area contributed by atoms with E-state index in [4.69, 9.17) is 4.74 Å². The molecule has 0 spiro atoms. The number of carbonyl (C=O) groups is 1. The van der Waals surface area contributed by atoms with Crippen LogP contribution in [0.1, 0.15) is 16.1 Å². The SMILES string of the molecule is COC(=O)c1ccc(CN(c2ccc(OC)cc2)S(C)(=O)=O)nc1. The number of aromatic nitrogens is 1. The fourth-order valence-electron chi connectivity index (χ4n) is 2.05. The molecule has 2 rings (SSSR count). The number of methoxy groups -OCH3 is 2. The third-order valence-corrected chi connectivity index (χ3v) is 4.45. The van der Waals surface area contributed by atoms with Gasteiger partial charge in [-0.3, -0.25) is 9.29 Å². The summed E-state index contributed by atoms with van der Waals surface area (Å²) in [7, 11) is -0.685. The first-order valence-corrected chi connectivity index (χ1v) is 8.85. The summed E-state index contributed by atoms with van der Waals surface area (Å²) in [4.78, 5) is 15.5. The number of hydrogen-bond donors (Lipinski definition) is 0. The van der Waals surface area contributed by atoms with Gasteiger partial charge in [0.15, 0.2) is 0 Å². The topological polar surface area (TPSA) is 85.8 Å². The highest BCUT2D eigenvalue weighted by Gasteiger charge is 2.19. The van der Waals surface area contributed by atoms with E-state index in [1.807, 2.05) is 0 Å². The Labute approximate surface area is 140 Å². The van der Waals surface area contributed by atoms with Crippen LogP contribution < -0.4 is 9.04 Å². The van der Waals surface area contributed by atoms with Crippen molar-refractivity contribution < 1.29 is 22.7 Å². The number of carbonyl (C=O) groups excluding carboxylic acids is 1. The zero-order valence-electron chi connectivity index (χ0n) is 13.6. The number of pyridine rings is 1. The number of ether oxygens (including phenoxy) is 2. The second-order valence-electron chi connectivity index (χ2n) is 5.00. The van der Waals surface area contributed by atoms with E-state index in [0.717, 1.165) is 6.26 Å². The van der Waals surface area contributed by atoms with Crippen LogP contribution in [0.3, 0.4) is 0 Å². The van der Waals surface area contributed by atoms with Gasteiger partial charge in [-0.05, 0) is 36.4 Å². The van der Waals surface area contributed by atoms with Gasteiger partial charge in [0.1, 0.15) is 5.75 Å². The Kier molecular flexibility index (Phi) is 5.40. The van der Waals surface area contributed by atoms with E-state index in [9.17, 15) is 13.2 Å². The van der Waals surface area contributed by atoms with E-state index in [1.54, 1.807) is 36.4 Å². The maximum absolute atomic E-state index is 12.1.